The third-order valence-electron chi connectivity index (χ3n) is 5.48. The van der Waals surface area contributed by atoms with Crippen molar-refractivity contribution in [3.63, 3.8) is 0 Å². The molecule has 1 aromatic carbocycles. The Labute approximate surface area is 159 Å². The Morgan fingerprint density at radius 3 is 2.70 bits per heavy atom. The number of pyridine rings is 1. The number of rotatable bonds is 2. The molecule has 6 heteroatoms. The second kappa shape index (κ2) is 7.28. The number of anilines is 2. The minimum absolute atomic E-state index is 0.0367. The minimum atomic E-state index is -0.0367. The summed E-state index contributed by atoms with van der Waals surface area (Å²) in [5.74, 6) is 1.01. The summed E-state index contributed by atoms with van der Waals surface area (Å²) >= 11 is 0. The highest BCUT2D eigenvalue weighted by molar-refractivity contribution is 5.91. The zero-order valence-electron chi connectivity index (χ0n) is 15.5. The van der Waals surface area contributed by atoms with Crippen molar-refractivity contribution in [1.82, 2.24) is 9.88 Å². The lowest BCUT2D eigenvalue weighted by molar-refractivity contribution is 0.177. The van der Waals surface area contributed by atoms with Gasteiger partial charge in [0.25, 0.3) is 0 Å². The molecule has 6 nitrogen and oxygen atoms in total. The van der Waals surface area contributed by atoms with Crippen LogP contribution in [0.15, 0.2) is 36.5 Å². The topological polar surface area (TPSA) is 72.3 Å². The van der Waals surface area contributed by atoms with Crippen molar-refractivity contribution < 1.29 is 4.79 Å². The number of nitrogens with one attached hydrogen (secondary N) is 1. The Kier molecular flexibility index (Phi) is 4.68. The molecule has 0 atom stereocenters. The Morgan fingerprint density at radius 2 is 2.00 bits per heavy atom. The fraction of sp³-hybridized carbons (Fsp3) is 0.381. The molecular weight excluding hydrogens is 338 g/mol. The van der Waals surface area contributed by atoms with Gasteiger partial charge in [-0.2, -0.15) is 5.26 Å². The molecule has 2 aliphatic rings. The number of nitriles is 1. The first-order valence-electron chi connectivity index (χ1n) is 9.42. The van der Waals surface area contributed by atoms with Crippen molar-refractivity contribution >= 4 is 17.5 Å². The van der Waals surface area contributed by atoms with Crippen molar-refractivity contribution in [1.29, 1.82) is 5.26 Å². The van der Waals surface area contributed by atoms with Crippen LogP contribution in [0.4, 0.5) is 16.3 Å². The SMILES string of the molecule is Cc1ccc(N2CCC(N3CCc4cc(C#N)ccc4NC3=O)CC2)nc1. The number of carbonyl (C=O) groups excluding carboxylic acids is 1. The van der Waals surface area contributed by atoms with Crippen LogP contribution >= 0.6 is 0 Å². The normalized spacial score (nSPS) is 17.7. The molecule has 0 saturated carbocycles. The molecule has 2 amide bonds. The van der Waals surface area contributed by atoms with Gasteiger partial charge in [-0.05, 0) is 61.6 Å². The fourth-order valence-electron chi connectivity index (χ4n) is 3.92. The molecule has 0 radical (unpaired) electrons. The van der Waals surface area contributed by atoms with Gasteiger partial charge in [0.1, 0.15) is 5.82 Å². The fourth-order valence-corrected chi connectivity index (χ4v) is 3.92. The van der Waals surface area contributed by atoms with Gasteiger partial charge in [-0.25, -0.2) is 9.78 Å². The Hall–Kier alpha value is -3.07. The molecule has 0 bridgehead atoms. The van der Waals surface area contributed by atoms with E-state index in [1.807, 2.05) is 30.2 Å². The van der Waals surface area contributed by atoms with E-state index in [0.29, 0.717) is 12.1 Å². The number of hydrogen-bond acceptors (Lipinski definition) is 4. The van der Waals surface area contributed by atoms with E-state index < -0.39 is 0 Å². The molecule has 0 aliphatic carbocycles. The van der Waals surface area contributed by atoms with Gasteiger partial charge in [0.2, 0.25) is 0 Å². The average Bonchev–Trinajstić information content (AvgIpc) is 2.86. The highest BCUT2D eigenvalue weighted by Crippen LogP contribution is 2.26. The van der Waals surface area contributed by atoms with Crippen LogP contribution < -0.4 is 10.2 Å². The van der Waals surface area contributed by atoms with Gasteiger partial charge < -0.3 is 15.1 Å². The van der Waals surface area contributed by atoms with Crippen LogP contribution in [0.2, 0.25) is 0 Å². The van der Waals surface area contributed by atoms with E-state index >= 15 is 0 Å². The molecule has 4 rings (SSSR count). The van der Waals surface area contributed by atoms with E-state index in [0.717, 1.165) is 55.0 Å². The third kappa shape index (κ3) is 3.59. The molecule has 27 heavy (non-hydrogen) atoms. The summed E-state index contributed by atoms with van der Waals surface area (Å²) in [7, 11) is 0. The molecule has 0 unspecified atom stereocenters. The second-order valence-electron chi connectivity index (χ2n) is 7.27. The summed E-state index contributed by atoms with van der Waals surface area (Å²) in [6.07, 6.45) is 4.53. The second-order valence-corrected chi connectivity index (χ2v) is 7.27. The maximum Gasteiger partial charge on any atom is 0.322 e. The Bertz CT molecular complexity index is 878. The molecule has 1 aromatic heterocycles. The van der Waals surface area contributed by atoms with Crippen molar-refractivity contribution in [3.8, 4) is 6.07 Å². The number of benzene rings is 1. The minimum Gasteiger partial charge on any atom is -0.356 e. The maximum atomic E-state index is 12.7. The van der Waals surface area contributed by atoms with Gasteiger partial charge in [0, 0.05) is 37.6 Å². The van der Waals surface area contributed by atoms with E-state index in [2.05, 4.69) is 33.4 Å². The molecule has 3 heterocycles. The standard InChI is InChI=1S/C21H23N5O/c1-15-2-5-20(23-14-15)25-9-7-18(8-10-25)26-11-6-17-12-16(13-22)3-4-19(17)24-21(26)27/h2-5,12,14,18H,6-11H2,1H3,(H,24,27). The highest BCUT2D eigenvalue weighted by atomic mass is 16.2. The molecule has 2 aromatic rings. The van der Waals surface area contributed by atoms with Crippen LogP contribution in [0.1, 0.15) is 29.5 Å². The summed E-state index contributed by atoms with van der Waals surface area (Å²) in [5, 5.41) is 12.1. The lowest BCUT2D eigenvalue weighted by atomic mass is 10.0. The number of aryl methyl sites for hydroxylation is 1. The van der Waals surface area contributed by atoms with Crippen LogP contribution in [-0.2, 0) is 6.42 Å². The number of piperidine rings is 1. The first-order valence-corrected chi connectivity index (χ1v) is 9.42. The van der Waals surface area contributed by atoms with Crippen LogP contribution in [0.3, 0.4) is 0 Å². The number of urea groups is 1. The molecule has 2 aliphatic heterocycles. The number of amides is 2. The van der Waals surface area contributed by atoms with Gasteiger partial charge in [0.05, 0.1) is 11.6 Å². The largest absolute Gasteiger partial charge is 0.356 e. The van der Waals surface area contributed by atoms with Crippen LogP contribution in [-0.4, -0.2) is 41.6 Å². The summed E-state index contributed by atoms with van der Waals surface area (Å²) < 4.78 is 0. The van der Waals surface area contributed by atoms with Crippen molar-refractivity contribution in [2.24, 2.45) is 0 Å². The summed E-state index contributed by atoms with van der Waals surface area (Å²) in [6.45, 7) is 4.52. The van der Waals surface area contributed by atoms with Crippen molar-refractivity contribution in [2.45, 2.75) is 32.2 Å². The van der Waals surface area contributed by atoms with Gasteiger partial charge >= 0.3 is 6.03 Å². The molecule has 1 saturated heterocycles. The molecule has 138 valence electrons. The first-order chi connectivity index (χ1) is 13.1. The lowest BCUT2D eigenvalue weighted by Crippen LogP contribution is -2.49. The maximum absolute atomic E-state index is 12.7. The number of nitrogens with zero attached hydrogens (tertiary/aromatic N) is 4. The Morgan fingerprint density at radius 1 is 1.19 bits per heavy atom. The van der Waals surface area contributed by atoms with Crippen LogP contribution in [0, 0.1) is 18.3 Å². The molecule has 0 spiro atoms. The zero-order chi connectivity index (χ0) is 18.8. The number of aromatic nitrogens is 1. The monoisotopic (exact) mass is 361 g/mol. The quantitative estimate of drug-likeness (QED) is 0.891. The van der Waals surface area contributed by atoms with Gasteiger partial charge in [-0.3, -0.25) is 0 Å². The van der Waals surface area contributed by atoms with E-state index in [1.54, 1.807) is 6.07 Å². The van der Waals surface area contributed by atoms with E-state index in [-0.39, 0.29) is 12.1 Å². The van der Waals surface area contributed by atoms with Gasteiger partial charge in [-0.15, -0.1) is 0 Å². The van der Waals surface area contributed by atoms with Crippen molar-refractivity contribution in [3.05, 3.63) is 53.2 Å². The molecular formula is C21H23N5O. The zero-order valence-corrected chi connectivity index (χ0v) is 15.5. The summed E-state index contributed by atoms with van der Waals surface area (Å²) in [4.78, 5) is 21.5. The smallest absolute Gasteiger partial charge is 0.322 e. The first kappa shape index (κ1) is 17.3. The highest BCUT2D eigenvalue weighted by Gasteiger charge is 2.30. The number of hydrogen-bond donors (Lipinski definition) is 1. The van der Waals surface area contributed by atoms with Crippen molar-refractivity contribution in [2.75, 3.05) is 29.9 Å². The van der Waals surface area contributed by atoms with E-state index in [9.17, 15) is 4.79 Å². The summed E-state index contributed by atoms with van der Waals surface area (Å²) in [5.41, 5.74) is 3.65. The Balaban J connectivity index is 1.42. The predicted octanol–water partition coefficient (Wildman–Crippen LogP) is 3.32. The lowest BCUT2D eigenvalue weighted by Gasteiger charge is -2.38. The molecule has 1 fully saturated rings. The van der Waals surface area contributed by atoms with Gasteiger partial charge in [0.15, 0.2) is 0 Å². The number of carbonyl (C=O) groups is 1. The van der Waals surface area contributed by atoms with E-state index in [4.69, 9.17) is 5.26 Å². The number of fused-ring (bicyclic) bond motifs is 1. The van der Waals surface area contributed by atoms with Crippen LogP contribution in [0.5, 0.6) is 0 Å². The average molecular weight is 361 g/mol. The third-order valence-corrected chi connectivity index (χ3v) is 5.48. The van der Waals surface area contributed by atoms with E-state index in [1.165, 1.54) is 0 Å². The predicted molar refractivity (Wildman–Crippen MR) is 105 cm³/mol. The van der Waals surface area contributed by atoms with Gasteiger partial charge in [-0.1, -0.05) is 6.07 Å². The van der Waals surface area contributed by atoms with Crippen LogP contribution in [0.25, 0.3) is 0 Å². The summed E-state index contributed by atoms with van der Waals surface area (Å²) in [6, 6.07) is 12.0. The molecule has 1 N–H and O–H groups in total.